The van der Waals surface area contributed by atoms with E-state index in [-0.39, 0.29) is 24.4 Å². The highest BCUT2D eigenvalue weighted by atomic mass is 16.4. The first kappa shape index (κ1) is 16.2. The summed E-state index contributed by atoms with van der Waals surface area (Å²) in [4.78, 5) is 23.0. The molecule has 0 aliphatic heterocycles. The highest BCUT2D eigenvalue weighted by Crippen LogP contribution is 2.03. The molecule has 0 aliphatic rings. The van der Waals surface area contributed by atoms with Gasteiger partial charge in [-0.2, -0.15) is 0 Å². The van der Waals surface area contributed by atoms with Crippen molar-refractivity contribution in [2.24, 2.45) is 0 Å². The van der Waals surface area contributed by atoms with E-state index < -0.39 is 12.0 Å². The van der Waals surface area contributed by atoms with E-state index in [1.54, 1.807) is 0 Å². The van der Waals surface area contributed by atoms with Crippen LogP contribution in [0.5, 0.6) is 0 Å². The van der Waals surface area contributed by atoms with E-state index in [2.05, 4.69) is 10.6 Å². The molecule has 20 heavy (non-hydrogen) atoms. The summed E-state index contributed by atoms with van der Waals surface area (Å²) < 4.78 is 0. The summed E-state index contributed by atoms with van der Waals surface area (Å²) in [5.41, 5.74) is 0.694. The van der Waals surface area contributed by atoms with Crippen molar-refractivity contribution in [1.29, 1.82) is 0 Å². The van der Waals surface area contributed by atoms with Gasteiger partial charge >= 0.3 is 5.97 Å². The molecule has 0 heterocycles. The molecular weight excluding hydrogens is 256 g/mol. The Morgan fingerprint density at radius 3 is 2.30 bits per heavy atom. The Labute approximate surface area is 119 Å². The third-order valence-electron chi connectivity index (χ3n) is 2.70. The maximum atomic E-state index is 11.8. The fourth-order valence-corrected chi connectivity index (χ4v) is 1.64. The predicted molar refractivity (Wildman–Crippen MR) is 77.5 cm³/mol. The summed E-state index contributed by atoms with van der Waals surface area (Å²) in [7, 11) is 0. The van der Waals surface area contributed by atoms with Crippen molar-refractivity contribution in [2.45, 2.75) is 38.8 Å². The van der Waals surface area contributed by atoms with E-state index in [1.165, 1.54) is 0 Å². The van der Waals surface area contributed by atoms with Crippen molar-refractivity contribution in [3.05, 3.63) is 35.9 Å². The summed E-state index contributed by atoms with van der Waals surface area (Å²) in [6, 6.07) is 8.33. The summed E-state index contributed by atoms with van der Waals surface area (Å²) >= 11 is 0. The van der Waals surface area contributed by atoms with Crippen LogP contribution in [0.3, 0.4) is 0 Å². The molecule has 0 spiro atoms. The maximum absolute atomic E-state index is 11.8. The standard InChI is InChI=1S/C15H22N2O3/c1-15(2,3)16-10-13(18)17-12(14(19)20)9-11-7-5-4-6-8-11/h4-8,12,16H,9-10H2,1-3H3,(H,17,18)(H,19,20)/t12-/m1/s1. The summed E-state index contributed by atoms with van der Waals surface area (Å²) in [6.07, 6.45) is 0.275. The normalized spacial score (nSPS) is 12.8. The number of nitrogens with one attached hydrogen (secondary N) is 2. The Morgan fingerprint density at radius 1 is 1.20 bits per heavy atom. The van der Waals surface area contributed by atoms with Crippen molar-refractivity contribution >= 4 is 11.9 Å². The first-order valence-corrected chi connectivity index (χ1v) is 6.59. The number of hydrogen-bond donors (Lipinski definition) is 3. The maximum Gasteiger partial charge on any atom is 0.326 e. The number of carbonyl (C=O) groups excluding carboxylic acids is 1. The Kier molecular flexibility index (Phi) is 5.70. The minimum atomic E-state index is -1.03. The van der Waals surface area contributed by atoms with E-state index in [0.29, 0.717) is 0 Å². The molecule has 0 aromatic heterocycles. The van der Waals surface area contributed by atoms with Crippen LogP contribution in [0, 0.1) is 0 Å². The molecule has 5 heteroatoms. The van der Waals surface area contributed by atoms with Crippen LogP contribution in [0.1, 0.15) is 26.3 Å². The number of carboxylic acid groups (broad SMARTS) is 1. The van der Waals surface area contributed by atoms with Crippen molar-refractivity contribution in [3.8, 4) is 0 Å². The molecule has 1 amide bonds. The zero-order chi connectivity index (χ0) is 15.2. The number of carboxylic acids is 1. The topological polar surface area (TPSA) is 78.4 Å². The van der Waals surface area contributed by atoms with Crippen LogP contribution < -0.4 is 10.6 Å². The average Bonchev–Trinajstić information content (AvgIpc) is 2.36. The van der Waals surface area contributed by atoms with Crippen LogP contribution in [-0.4, -0.2) is 35.1 Å². The van der Waals surface area contributed by atoms with Gasteiger partial charge in [-0.3, -0.25) is 4.79 Å². The number of hydrogen-bond acceptors (Lipinski definition) is 3. The van der Waals surface area contributed by atoms with E-state index in [9.17, 15) is 14.7 Å². The van der Waals surface area contributed by atoms with Crippen LogP contribution in [0.4, 0.5) is 0 Å². The second-order valence-corrected chi connectivity index (χ2v) is 5.75. The van der Waals surface area contributed by atoms with Gasteiger partial charge in [0.15, 0.2) is 0 Å². The number of aliphatic carboxylic acids is 1. The van der Waals surface area contributed by atoms with Gasteiger partial charge in [0.1, 0.15) is 6.04 Å². The van der Waals surface area contributed by atoms with Gasteiger partial charge in [0.05, 0.1) is 6.54 Å². The van der Waals surface area contributed by atoms with Gasteiger partial charge < -0.3 is 15.7 Å². The van der Waals surface area contributed by atoms with Crippen molar-refractivity contribution < 1.29 is 14.7 Å². The minimum Gasteiger partial charge on any atom is -0.480 e. The van der Waals surface area contributed by atoms with Crippen LogP contribution in [-0.2, 0) is 16.0 Å². The number of amides is 1. The SMILES string of the molecule is CC(C)(C)NCC(=O)N[C@H](Cc1ccccc1)C(=O)O. The summed E-state index contributed by atoms with van der Waals surface area (Å²) in [5.74, 6) is -1.35. The average molecular weight is 278 g/mol. The monoisotopic (exact) mass is 278 g/mol. The van der Waals surface area contributed by atoms with E-state index in [4.69, 9.17) is 0 Å². The Balaban J connectivity index is 2.55. The molecule has 1 aromatic carbocycles. The van der Waals surface area contributed by atoms with Crippen LogP contribution in [0.2, 0.25) is 0 Å². The lowest BCUT2D eigenvalue weighted by Crippen LogP contribution is -2.48. The van der Waals surface area contributed by atoms with Crippen molar-refractivity contribution in [1.82, 2.24) is 10.6 Å². The Hall–Kier alpha value is -1.88. The fraction of sp³-hybridized carbons (Fsp3) is 0.467. The molecule has 0 radical (unpaired) electrons. The molecular formula is C15H22N2O3. The van der Waals surface area contributed by atoms with Crippen LogP contribution >= 0.6 is 0 Å². The predicted octanol–water partition coefficient (Wildman–Crippen LogP) is 1.19. The van der Waals surface area contributed by atoms with Gasteiger partial charge in [0, 0.05) is 12.0 Å². The van der Waals surface area contributed by atoms with Crippen molar-refractivity contribution in [2.75, 3.05) is 6.54 Å². The van der Waals surface area contributed by atoms with E-state index in [0.717, 1.165) is 5.56 Å². The largest absolute Gasteiger partial charge is 0.480 e. The third kappa shape index (κ3) is 6.33. The smallest absolute Gasteiger partial charge is 0.326 e. The molecule has 0 saturated carbocycles. The lowest BCUT2D eigenvalue weighted by molar-refractivity contribution is -0.141. The first-order valence-electron chi connectivity index (χ1n) is 6.59. The molecule has 1 atom stereocenters. The second-order valence-electron chi connectivity index (χ2n) is 5.75. The number of carbonyl (C=O) groups is 2. The number of benzene rings is 1. The van der Waals surface area contributed by atoms with E-state index in [1.807, 2.05) is 51.1 Å². The molecule has 0 saturated heterocycles. The molecule has 110 valence electrons. The Morgan fingerprint density at radius 2 is 1.80 bits per heavy atom. The molecule has 3 N–H and O–H groups in total. The highest BCUT2D eigenvalue weighted by Gasteiger charge is 2.21. The molecule has 0 aliphatic carbocycles. The summed E-state index contributed by atoms with van der Waals surface area (Å²) in [6.45, 7) is 5.93. The molecule has 5 nitrogen and oxygen atoms in total. The zero-order valence-electron chi connectivity index (χ0n) is 12.1. The fourth-order valence-electron chi connectivity index (χ4n) is 1.64. The van der Waals surface area contributed by atoms with Gasteiger partial charge in [-0.15, -0.1) is 0 Å². The van der Waals surface area contributed by atoms with Crippen molar-refractivity contribution in [3.63, 3.8) is 0 Å². The van der Waals surface area contributed by atoms with Gasteiger partial charge in [-0.1, -0.05) is 30.3 Å². The molecule has 1 aromatic rings. The first-order chi connectivity index (χ1) is 9.28. The quantitative estimate of drug-likeness (QED) is 0.730. The second kappa shape index (κ2) is 7.05. The van der Waals surface area contributed by atoms with Crippen LogP contribution in [0.25, 0.3) is 0 Å². The zero-order valence-corrected chi connectivity index (χ0v) is 12.1. The molecule has 0 unspecified atom stereocenters. The molecule has 0 fully saturated rings. The van der Waals surface area contributed by atoms with Gasteiger partial charge in [0.25, 0.3) is 0 Å². The minimum absolute atomic E-state index is 0.0993. The molecule has 1 rings (SSSR count). The van der Waals surface area contributed by atoms with Gasteiger partial charge in [0.2, 0.25) is 5.91 Å². The number of rotatable bonds is 6. The van der Waals surface area contributed by atoms with Gasteiger partial charge in [-0.05, 0) is 26.3 Å². The summed E-state index contributed by atoms with van der Waals surface area (Å²) in [5, 5.41) is 14.7. The Bertz CT molecular complexity index is 452. The lowest BCUT2D eigenvalue weighted by Gasteiger charge is -2.21. The van der Waals surface area contributed by atoms with Gasteiger partial charge in [-0.25, -0.2) is 4.79 Å². The highest BCUT2D eigenvalue weighted by molar-refractivity contribution is 5.84. The van der Waals surface area contributed by atoms with E-state index >= 15 is 0 Å². The van der Waals surface area contributed by atoms with Crippen LogP contribution in [0.15, 0.2) is 30.3 Å². The third-order valence-corrected chi connectivity index (χ3v) is 2.70. The molecule has 0 bridgehead atoms. The lowest BCUT2D eigenvalue weighted by atomic mass is 10.1.